The molecule has 0 fully saturated rings. The van der Waals surface area contributed by atoms with Gasteiger partial charge in [0.15, 0.2) is 11.5 Å². The van der Waals surface area contributed by atoms with Gasteiger partial charge in [-0.1, -0.05) is 25.4 Å². The average molecular weight is 511 g/mol. The van der Waals surface area contributed by atoms with Crippen LogP contribution in [0.5, 0.6) is 11.5 Å². The zero-order valence-electron chi connectivity index (χ0n) is 17.7. The zero-order valence-corrected chi connectivity index (χ0v) is 20.1. The molecule has 0 radical (unpaired) electrons. The molecule has 9 heteroatoms. The molecule has 0 heterocycles. The molecule has 0 aromatic heterocycles. The first-order valence-electron chi connectivity index (χ1n) is 9.66. The lowest BCUT2D eigenvalue weighted by atomic mass is 10.0. The van der Waals surface area contributed by atoms with Crippen LogP contribution in [0.25, 0.3) is 0 Å². The Hall–Kier alpha value is -2.58. The Morgan fingerprint density at radius 2 is 1.90 bits per heavy atom. The van der Waals surface area contributed by atoms with Crippen molar-refractivity contribution in [3.63, 3.8) is 0 Å². The normalized spacial score (nSPS) is 12.0. The molecule has 0 aliphatic rings. The second-order valence-corrected chi connectivity index (χ2v) is 8.19. The van der Waals surface area contributed by atoms with E-state index in [1.165, 1.54) is 6.21 Å². The number of carbonyl (C=O) groups excluding carboxylic acids is 2. The molecule has 0 saturated carbocycles. The number of nitrogens with one attached hydrogen (secondary N) is 2. The predicted molar refractivity (Wildman–Crippen MR) is 125 cm³/mol. The minimum atomic E-state index is -0.762. The fraction of sp³-hybridized carbons (Fsp3) is 0.318. The Labute approximate surface area is 195 Å². The second kappa shape index (κ2) is 11.7. The largest absolute Gasteiger partial charge is 0.492 e. The molecule has 31 heavy (non-hydrogen) atoms. The van der Waals surface area contributed by atoms with Gasteiger partial charge in [0, 0.05) is 10.6 Å². The van der Waals surface area contributed by atoms with Gasteiger partial charge in [-0.15, -0.1) is 0 Å². The summed E-state index contributed by atoms with van der Waals surface area (Å²) in [6, 6.07) is 9.22. The van der Waals surface area contributed by atoms with Crippen LogP contribution in [0.3, 0.4) is 0 Å². The predicted octanol–water partition coefficient (Wildman–Crippen LogP) is 4.41. The Bertz CT molecular complexity index is 949. The van der Waals surface area contributed by atoms with Crippen molar-refractivity contribution in [2.75, 3.05) is 13.7 Å². The van der Waals surface area contributed by atoms with E-state index in [9.17, 15) is 9.59 Å². The van der Waals surface area contributed by atoms with E-state index in [1.54, 1.807) is 43.5 Å². The second-order valence-electron chi connectivity index (χ2n) is 6.90. The number of amides is 2. The van der Waals surface area contributed by atoms with Crippen molar-refractivity contribution in [1.29, 1.82) is 0 Å². The highest BCUT2D eigenvalue weighted by Crippen LogP contribution is 2.36. The topological polar surface area (TPSA) is 89.0 Å². The van der Waals surface area contributed by atoms with Crippen LogP contribution in [0.1, 0.15) is 36.7 Å². The lowest BCUT2D eigenvalue weighted by Crippen LogP contribution is -2.48. The number of hydrogen-bond acceptors (Lipinski definition) is 5. The van der Waals surface area contributed by atoms with Crippen molar-refractivity contribution in [3.8, 4) is 11.5 Å². The monoisotopic (exact) mass is 509 g/mol. The van der Waals surface area contributed by atoms with Gasteiger partial charge in [-0.3, -0.25) is 9.59 Å². The molecule has 0 aliphatic heterocycles. The van der Waals surface area contributed by atoms with E-state index in [0.717, 1.165) is 0 Å². The summed E-state index contributed by atoms with van der Waals surface area (Å²) in [7, 11) is 1.56. The highest BCUT2D eigenvalue weighted by atomic mass is 79.9. The summed E-state index contributed by atoms with van der Waals surface area (Å²) in [5.74, 6) is 0.197. The number of benzene rings is 2. The minimum absolute atomic E-state index is 0.147. The molecule has 2 rings (SSSR count). The fourth-order valence-electron chi connectivity index (χ4n) is 2.72. The van der Waals surface area contributed by atoms with Crippen LogP contribution < -0.4 is 20.2 Å². The first kappa shape index (κ1) is 24.7. The Kier molecular flexibility index (Phi) is 9.33. The van der Waals surface area contributed by atoms with Gasteiger partial charge in [0.05, 0.1) is 24.4 Å². The molecule has 1 atom stereocenters. The summed E-state index contributed by atoms with van der Waals surface area (Å²) in [6.45, 7) is 6.03. The Morgan fingerprint density at radius 3 is 2.48 bits per heavy atom. The number of nitrogens with zero attached hydrogens (tertiary/aromatic N) is 1. The molecule has 2 amide bonds. The van der Waals surface area contributed by atoms with E-state index >= 15 is 0 Å². The van der Waals surface area contributed by atoms with Gasteiger partial charge < -0.3 is 14.8 Å². The number of hydrazone groups is 1. The summed E-state index contributed by atoms with van der Waals surface area (Å²) >= 11 is 9.29. The van der Waals surface area contributed by atoms with Gasteiger partial charge in [0.1, 0.15) is 6.04 Å². The minimum Gasteiger partial charge on any atom is -0.492 e. The summed E-state index contributed by atoms with van der Waals surface area (Å²) in [6.07, 6.45) is 1.49. The summed E-state index contributed by atoms with van der Waals surface area (Å²) in [5, 5.41) is 7.29. The van der Waals surface area contributed by atoms with Crippen LogP contribution in [0.4, 0.5) is 0 Å². The van der Waals surface area contributed by atoms with Crippen LogP contribution in [-0.2, 0) is 4.79 Å². The molecule has 1 unspecified atom stereocenters. The average Bonchev–Trinajstić information content (AvgIpc) is 2.72. The third-order valence-electron chi connectivity index (χ3n) is 4.27. The van der Waals surface area contributed by atoms with E-state index in [-0.39, 0.29) is 11.8 Å². The summed E-state index contributed by atoms with van der Waals surface area (Å²) in [4.78, 5) is 25.1. The van der Waals surface area contributed by atoms with Crippen LogP contribution in [0.15, 0.2) is 46.0 Å². The van der Waals surface area contributed by atoms with Crippen molar-refractivity contribution in [3.05, 3.63) is 57.0 Å². The van der Waals surface area contributed by atoms with Crippen LogP contribution in [0, 0.1) is 5.92 Å². The molecule has 2 aromatic rings. The molecule has 0 saturated heterocycles. The first-order chi connectivity index (χ1) is 14.8. The van der Waals surface area contributed by atoms with E-state index < -0.39 is 11.9 Å². The highest BCUT2D eigenvalue weighted by molar-refractivity contribution is 9.10. The van der Waals surface area contributed by atoms with Gasteiger partial charge in [0.25, 0.3) is 11.8 Å². The fourth-order valence-corrected chi connectivity index (χ4v) is 3.47. The summed E-state index contributed by atoms with van der Waals surface area (Å²) < 4.78 is 11.6. The van der Waals surface area contributed by atoms with Crippen molar-refractivity contribution in [1.82, 2.24) is 10.7 Å². The van der Waals surface area contributed by atoms with Crippen LogP contribution in [-0.4, -0.2) is 37.8 Å². The number of rotatable bonds is 9. The number of ether oxygens (including phenoxy) is 2. The lowest BCUT2D eigenvalue weighted by Gasteiger charge is -2.20. The number of halogens is 2. The van der Waals surface area contributed by atoms with Crippen molar-refractivity contribution < 1.29 is 19.1 Å². The van der Waals surface area contributed by atoms with E-state index in [0.29, 0.717) is 38.7 Å². The lowest BCUT2D eigenvalue weighted by molar-refractivity contribution is -0.123. The molecular weight excluding hydrogens is 486 g/mol. The van der Waals surface area contributed by atoms with Gasteiger partial charge >= 0.3 is 0 Å². The SMILES string of the molecule is CCOc1cc(/C=N/NC(=O)C(NC(=O)c2ccc(Cl)cc2)C(C)C)cc(Br)c1OC. The van der Waals surface area contributed by atoms with Crippen molar-refractivity contribution in [2.24, 2.45) is 11.0 Å². The van der Waals surface area contributed by atoms with E-state index in [4.69, 9.17) is 21.1 Å². The highest BCUT2D eigenvalue weighted by Gasteiger charge is 2.24. The van der Waals surface area contributed by atoms with Crippen LogP contribution in [0.2, 0.25) is 5.02 Å². The van der Waals surface area contributed by atoms with E-state index in [1.807, 2.05) is 20.8 Å². The van der Waals surface area contributed by atoms with Crippen molar-refractivity contribution >= 4 is 45.6 Å². The van der Waals surface area contributed by atoms with Gasteiger partial charge in [-0.25, -0.2) is 5.43 Å². The maximum atomic E-state index is 12.6. The number of carbonyl (C=O) groups is 2. The quantitative estimate of drug-likeness (QED) is 0.386. The maximum Gasteiger partial charge on any atom is 0.262 e. The standard InChI is InChI=1S/C22H25BrClN3O4/c1-5-31-18-11-14(10-17(23)20(18)30-4)12-25-27-22(29)19(13(2)3)26-21(28)15-6-8-16(24)9-7-15/h6-13,19H,5H2,1-4H3,(H,26,28)(H,27,29)/b25-12+. The summed E-state index contributed by atoms with van der Waals surface area (Å²) in [5.41, 5.74) is 3.60. The third-order valence-corrected chi connectivity index (χ3v) is 5.11. The van der Waals surface area contributed by atoms with Gasteiger partial charge in [0.2, 0.25) is 0 Å². The molecular formula is C22H25BrClN3O4. The molecule has 2 aromatic carbocycles. The molecule has 7 nitrogen and oxygen atoms in total. The smallest absolute Gasteiger partial charge is 0.262 e. The first-order valence-corrected chi connectivity index (χ1v) is 10.8. The number of hydrogen-bond donors (Lipinski definition) is 2. The molecule has 166 valence electrons. The molecule has 0 aliphatic carbocycles. The number of methoxy groups -OCH3 is 1. The molecule has 0 bridgehead atoms. The van der Waals surface area contributed by atoms with Gasteiger partial charge in [-0.05, 0) is 70.7 Å². The molecule has 2 N–H and O–H groups in total. The molecule has 0 spiro atoms. The third kappa shape index (κ3) is 6.97. The Balaban J connectivity index is 2.08. The van der Waals surface area contributed by atoms with E-state index in [2.05, 4.69) is 31.8 Å². The zero-order chi connectivity index (χ0) is 23.0. The van der Waals surface area contributed by atoms with Crippen LogP contribution >= 0.6 is 27.5 Å². The van der Waals surface area contributed by atoms with Gasteiger partial charge in [-0.2, -0.15) is 5.10 Å². The maximum absolute atomic E-state index is 12.6. The van der Waals surface area contributed by atoms with Crippen molar-refractivity contribution in [2.45, 2.75) is 26.8 Å². The Morgan fingerprint density at radius 1 is 1.23 bits per heavy atom.